The zero-order chi connectivity index (χ0) is 17.0. The topological polar surface area (TPSA) is 81.5 Å². The van der Waals surface area contributed by atoms with E-state index in [0.29, 0.717) is 11.4 Å². The molecule has 0 aliphatic heterocycles. The average Bonchev–Trinajstić information content (AvgIpc) is 2.51. The molecule has 0 aliphatic carbocycles. The van der Waals surface area contributed by atoms with E-state index in [2.05, 4.69) is 5.32 Å². The van der Waals surface area contributed by atoms with Gasteiger partial charge >= 0.3 is 0 Å². The first kappa shape index (κ1) is 16.5. The fraction of sp³-hybridized carbons (Fsp3) is 0.235. The number of non-ortho nitro benzene ring substituents is 1. The highest BCUT2D eigenvalue weighted by molar-refractivity contribution is 5.94. The number of carbonyl (C=O) groups is 1. The molecule has 6 nitrogen and oxygen atoms in total. The van der Waals surface area contributed by atoms with Crippen molar-refractivity contribution in [3.63, 3.8) is 0 Å². The minimum Gasteiger partial charge on any atom is -0.481 e. The molecule has 0 saturated carbocycles. The summed E-state index contributed by atoms with van der Waals surface area (Å²) in [5.74, 6) is 0.235. The van der Waals surface area contributed by atoms with Crippen LogP contribution in [0.4, 0.5) is 11.4 Å². The first-order valence-corrected chi connectivity index (χ1v) is 7.16. The number of benzene rings is 2. The van der Waals surface area contributed by atoms with Crippen LogP contribution in [0.3, 0.4) is 0 Å². The predicted octanol–water partition coefficient (Wildman–Crippen LogP) is 3.62. The van der Waals surface area contributed by atoms with Gasteiger partial charge in [-0.3, -0.25) is 14.9 Å². The number of hydrogen-bond donors (Lipinski definition) is 1. The fourth-order valence-electron chi connectivity index (χ4n) is 1.99. The molecule has 2 rings (SSSR count). The maximum atomic E-state index is 12.1. The molecule has 23 heavy (non-hydrogen) atoms. The van der Waals surface area contributed by atoms with Gasteiger partial charge in [0.15, 0.2) is 6.10 Å². The Labute approximate surface area is 134 Å². The highest BCUT2D eigenvalue weighted by Gasteiger charge is 2.16. The molecule has 0 fully saturated rings. The van der Waals surface area contributed by atoms with Crippen LogP contribution in [0.15, 0.2) is 42.5 Å². The number of carbonyl (C=O) groups excluding carboxylic acids is 1. The lowest BCUT2D eigenvalue weighted by Crippen LogP contribution is -2.30. The number of aryl methyl sites for hydroxylation is 2. The Balaban J connectivity index is 2.03. The van der Waals surface area contributed by atoms with Crippen molar-refractivity contribution in [3.8, 4) is 5.75 Å². The number of rotatable bonds is 5. The molecule has 2 aromatic rings. The number of nitro groups is 1. The maximum absolute atomic E-state index is 12.1. The molecule has 1 atom stereocenters. The number of anilines is 1. The zero-order valence-electron chi connectivity index (χ0n) is 13.2. The van der Waals surface area contributed by atoms with Gasteiger partial charge in [0.05, 0.1) is 4.92 Å². The Morgan fingerprint density at radius 2 is 1.91 bits per heavy atom. The van der Waals surface area contributed by atoms with Crippen molar-refractivity contribution in [2.45, 2.75) is 26.9 Å². The van der Waals surface area contributed by atoms with Gasteiger partial charge in [0.1, 0.15) is 5.75 Å². The quantitative estimate of drug-likeness (QED) is 0.675. The molecule has 0 heterocycles. The molecule has 120 valence electrons. The second kappa shape index (κ2) is 6.91. The van der Waals surface area contributed by atoms with Crippen molar-refractivity contribution in [2.75, 3.05) is 5.32 Å². The minimum absolute atomic E-state index is 0.0782. The van der Waals surface area contributed by atoms with Crippen LogP contribution in [0.2, 0.25) is 0 Å². The molecule has 1 amide bonds. The van der Waals surface area contributed by atoms with Crippen LogP contribution in [0.5, 0.6) is 5.75 Å². The van der Waals surface area contributed by atoms with E-state index in [9.17, 15) is 14.9 Å². The lowest BCUT2D eigenvalue weighted by molar-refractivity contribution is -0.384. The van der Waals surface area contributed by atoms with Crippen molar-refractivity contribution in [1.29, 1.82) is 0 Å². The van der Waals surface area contributed by atoms with Crippen molar-refractivity contribution in [1.82, 2.24) is 0 Å². The Morgan fingerprint density at radius 3 is 2.57 bits per heavy atom. The van der Waals surface area contributed by atoms with Crippen LogP contribution in [-0.2, 0) is 4.79 Å². The lowest BCUT2D eigenvalue weighted by atomic mass is 10.1. The third kappa shape index (κ3) is 4.29. The number of nitrogens with one attached hydrogen (secondary N) is 1. The fourth-order valence-corrected chi connectivity index (χ4v) is 1.99. The van der Waals surface area contributed by atoms with Gasteiger partial charge < -0.3 is 10.1 Å². The van der Waals surface area contributed by atoms with Crippen molar-refractivity contribution < 1.29 is 14.5 Å². The summed E-state index contributed by atoms with van der Waals surface area (Å²) in [6, 6.07) is 11.4. The van der Waals surface area contributed by atoms with Gasteiger partial charge in [-0.1, -0.05) is 12.1 Å². The van der Waals surface area contributed by atoms with Gasteiger partial charge in [0.25, 0.3) is 11.6 Å². The lowest BCUT2D eigenvalue weighted by Gasteiger charge is -2.15. The number of nitrogens with zero attached hydrogens (tertiary/aromatic N) is 1. The van der Waals surface area contributed by atoms with Gasteiger partial charge in [0, 0.05) is 17.8 Å². The van der Waals surface area contributed by atoms with E-state index in [1.807, 2.05) is 26.0 Å². The Morgan fingerprint density at radius 1 is 1.17 bits per heavy atom. The number of nitro benzene ring substituents is 1. The summed E-state index contributed by atoms with van der Waals surface area (Å²) in [6.07, 6.45) is -0.726. The first-order valence-electron chi connectivity index (χ1n) is 7.16. The third-order valence-electron chi connectivity index (χ3n) is 3.48. The van der Waals surface area contributed by atoms with Gasteiger partial charge in [-0.15, -0.1) is 0 Å². The third-order valence-corrected chi connectivity index (χ3v) is 3.48. The van der Waals surface area contributed by atoms with Crippen molar-refractivity contribution >= 4 is 17.3 Å². The molecular weight excluding hydrogens is 296 g/mol. The normalized spacial score (nSPS) is 11.6. The first-order chi connectivity index (χ1) is 10.9. The Hall–Kier alpha value is -2.89. The smallest absolute Gasteiger partial charge is 0.271 e. The highest BCUT2D eigenvalue weighted by Crippen LogP contribution is 2.20. The zero-order valence-corrected chi connectivity index (χ0v) is 13.2. The molecule has 0 bridgehead atoms. The summed E-state index contributed by atoms with van der Waals surface area (Å²) in [4.78, 5) is 22.4. The van der Waals surface area contributed by atoms with Gasteiger partial charge in [-0.05, 0) is 50.1 Å². The second-order valence-corrected chi connectivity index (χ2v) is 5.30. The second-order valence-electron chi connectivity index (χ2n) is 5.30. The predicted molar refractivity (Wildman–Crippen MR) is 87.7 cm³/mol. The SMILES string of the molecule is Cc1ccc(O[C@@H](C)C(=O)Nc2cccc([N+](=O)[O-])c2)cc1C. The number of ether oxygens (including phenoxy) is 1. The van der Waals surface area contributed by atoms with E-state index < -0.39 is 11.0 Å². The number of amides is 1. The van der Waals surface area contributed by atoms with Gasteiger partial charge in [-0.2, -0.15) is 0 Å². The van der Waals surface area contributed by atoms with Crippen LogP contribution in [-0.4, -0.2) is 16.9 Å². The maximum Gasteiger partial charge on any atom is 0.271 e. The monoisotopic (exact) mass is 314 g/mol. The van der Waals surface area contributed by atoms with Crippen molar-refractivity contribution in [2.24, 2.45) is 0 Å². The molecule has 6 heteroatoms. The van der Waals surface area contributed by atoms with E-state index >= 15 is 0 Å². The summed E-state index contributed by atoms with van der Waals surface area (Å²) in [5.41, 5.74) is 2.50. The minimum atomic E-state index is -0.726. The van der Waals surface area contributed by atoms with Gasteiger partial charge in [0.2, 0.25) is 0 Å². The van der Waals surface area contributed by atoms with Crippen LogP contribution in [0.1, 0.15) is 18.1 Å². The summed E-state index contributed by atoms with van der Waals surface area (Å²) < 4.78 is 5.62. The molecule has 0 saturated heterocycles. The molecular formula is C17H18N2O4. The standard InChI is InChI=1S/C17H18N2O4/c1-11-7-8-16(9-12(11)2)23-13(3)17(20)18-14-5-4-6-15(10-14)19(21)22/h4-10,13H,1-3H3,(H,18,20)/t13-/m0/s1. The number of hydrogen-bond acceptors (Lipinski definition) is 4. The van der Waals surface area contributed by atoms with E-state index in [0.717, 1.165) is 11.1 Å². The largest absolute Gasteiger partial charge is 0.481 e. The molecule has 0 spiro atoms. The highest BCUT2D eigenvalue weighted by atomic mass is 16.6. The van der Waals surface area contributed by atoms with E-state index in [4.69, 9.17) is 4.74 Å². The average molecular weight is 314 g/mol. The molecule has 0 aromatic heterocycles. The van der Waals surface area contributed by atoms with E-state index in [1.54, 1.807) is 19.1 Å². The van der Waals surface area contributed by atoms with Crippen LogP contribution >= 0.6 is 0 Å². The van der Waals surface area contributed by atoms with E-state index in [-0.39, 0.29) is 11.6 Å². The Bertz CT molecular complexity index is 743. The van der Waals surface area contributed by atoms with Gasteiger partial charge in [-0.25, -0.2) is 0 Å². The summed E-state index contributed by atoms with van der Waals surface area (Å²) >= 11 is 0. The molecule has 0 unspecified atom stereocenters. The van der Waals surface area contributed by atoms with Crippen LogP contribution in [0.25, 0.3) is 0 Å². The Kier molecular flexibility index (Phi) is 4.95. The molecule has 0 radical (unpaired) electrons. The molecule has 1 N–H and O–H groups in total. The molecule has 0 aliphatic rings. The van der Waals surface area contributed by atoms with Crippen molar-refractivity contribution in [3.05, 3.63) is 63.7 Å². The van der Waals surface area contributed by atoms with Crippen LogP contribution in [0, 0.1) is 24.0 Å². The summed E-state index contributed by atoms with van der Waals surface area (Å²) in [7, 11) is 0. The van der Waals surface area contributed by atoms with E-state index in [1.165, 1.54) is 18.2 Å². The molecule has 2 aromatic carbocycles. The summed E-state index contributed by atoms with van der Waals surface area (Å²) in [5, 5.41) is 13.4. The van der Waals surface area contributed by atoms with Crippen LogP contribution < -0.4 is 10.1 Å². The summed E-state index contributed by atoms with van der Waals surface area (Å²) in [6.45, 7) is 5.59.